The van der Waals surface area contributed by atoms with Crippen LogP contribution in [-0.2, 0) is 0 Å². The minimum Gasteiger partial charge on any atom is -0.310 e. The van der Waals surface area contributed by atoms with E-state index in [1.165, 1.54) is 159 Å². The average Bonchev–Trinajstić information content (AvgIpc) is 3.80. The van der Waals surface area contributed by atoms with Gasteiger partial charge in [-0.2, -0.15) is 0 Å². The molecule has 11 aromatic rings. The van der Waals surface area contributed by atoms with Gasteiger partial charge < -0.3 is 9.47 Å². The molecule has 2 aliphatic rings. The van der Waals surface area contributed by atoms with Gasteiger partial charge in [-0.15, -0.1) is 10.9 Å². The van der Waals surface area contributed by atoms with Crippen molar-refractivity contribution in [2.75, 3.05) is 4.90 Å². The maximum atomic E-state index is 2.67. The van der Waals surface area contributed by atoms with Crippen molar-refractivity contribution in [1.82, 2.24) is 4.57 Å². The van der Waals surface area contributed by atoms with Gasteiger partial charge in [0.2, 0.25) is 6.71 Å². The number of rotatable bonds is 6. The van der Waals surface area contributed by atoms with Crippen molar-refractivity contribution in [2.45, 2.75) is 9.79 Å². The van der Waals surface area contributed by atoms with Crippen LogP contribution in [0, 0.1) is 0 Å². The van der Waals surface area contributed by atoms with E-state index in [9.17, 15) is 0 Å². The van der Waals surface area contributed by atoms with E-state index in [0.717, 1.165) is 0 Å². The third-order valence-electron chi connectivity index (χ3n) is 16.7. The van der Waals surface area contributed by atoms with Crippen molar-refractivity contribution in [3.05, 3.63) is 188 Å². The minimum absolute atomic E-state index is 0.0381. The van der Waals surface area contributed by atoms with Gasteiger partial charge in [0.25, 0.3) is 0 Å². The summed E-state index contributed by atoms with van der Waals surface area (Å²) < 4.78 is 2.67. The molecule has 2 aliphatic heterocycles. The van der Waals surface area contributed by atoms with Gasteiger partial charge >= 0.3 is 0 Å². The zero-order valence-electron chi connectivity index (χ0n) is 42.3. The number of nitrogens with zero attached hydrogens (tertiary/aromatic N) is 2. The van der Waals surface area contributed by atoms with Crippen molar-refractivity contribution in [2.24, 2.45) is 0 Å². The fourth-order valence-electron chi connectivity index (χ4n) is 12.3. The largest absolute Gasteiger partial charge is 0.310 e. The Hall–Kier alpha value is -7.27. The summed E-state index contributed by atoms with van der Waals surface area (Å²) in [7, 11) is 18.7. The van der Waals surface area contributed by atoms with E-state index in [4.69, 9.17) is 0 Å². The van der Waals surface area contributed by atoms with Crippen molar-refractivity contribution in [3.8, 4) is 50.2 Å². The molecule has 13 rings (SSSR count). The van der Waals surface area contributed by atoms with Gasteiger partial charge in [0.15, 0.2) is 0 Å². The number of hydrogen-bond acceptors (Lipinski definition) is 2. The lowest BCUT2D eigenvalue weighted by Gasteiger charge is -2.42. The van der Waals surface area contributed by atoms with Gasteiger partial charge in [-0.3, -0.25) is 0 Å². The van der Waals surface area contributed by atoms with Crippen molar-refractivity contribution >= 4 is 180 Å². The Kier molecular flexibility index (Phi) is 10.7. The van der Waals surface area contributed by atoms with Crippen LogP contribution in [0.2, 0.25) is 0 Å². The fourth-order valence-corrected chi connectivity index (χ4v) is 13.5. The van der Waals surface area contributed by atoms with E-state index in [-0.39, 0.29) is 6.71 Å². The number of para-hydroxylation sites is 1. The molecule has 0 aliphatic carbocycles. The number of aromatic nitrogens is 1. The molecule has 1 aromatic heterocycles. The smallest absolute Gasteiger partial charge is 0.249 e. The fraction of sp³-hybridized carbons (Fsp3) is 0. The second-order valence-electron chi connectivity index (χ2n) is 20.2. The van der Waals surface area contributed by atoms with Gasteiger partial charge in [-0.05, 0) is 79.3 Å². The molecular weight excluding hydrogens is 878 g/mol. The molecule has 0 bridgehead atoms. The van der Waals surface area contributed by atoms with E-state index in [1.807, 2.05) is 11.8 Å². The number of hydrogen-bond donors (Lipinski definition) is 0. The SMILES string of the molecule is Bc1c(B)c(B)c2c(c1B)c1c(B)c(B)c(B)c(B)c1n2-c1cc2c3c(c1)N(c1c(-c4ccccc4)cccc1-c1ccccc1)c1ccc(-c4ccccc4)cc1B3c1cc(-c3ccccc3)ccc1S2. The van der Waals surface area contributed by atoms with Crippen LogP contribution in [0.3, 0.4) is 0 Å². The number of fused-ring (bicyclic) bond motifs is 7. The highest BCUT2D eigenvalue weighted by Crippen LogP contribution is 2.50. The van der Waals surface area contributed by atoms with E-state index >= 15 is 0 Å². The summed E-state index contributed by atoms with van der Waals surface area (Å²) in [6.45, 7) is -0.0381. The van der Waals surface area contributed by atoms with Gasteiger partial charge in [0.05, 0.1) is 5.69 Å². The summed E-state index contributed by atoms with van der Waals surface area (Å²) >= 11 is 1.94. The molecule has 3 heterocycles. The molecule has 0 atom stereocenters. The first kappa shape index (κ1) is 44.7. The maximum Gasteiger partial charge on any atom is 0.249 e. The van der Waals surface area contributed by atoms with Crippen LogP contribution >= 0.6 is 11.8 Å². The lowest BCUT2D eigenvalue weighted by atomic mass is 9.34. The molecule has 0 saturated heterocycles. The molecule has 0 unspecified atom stereocenters. The first-order valence-electron chi connectivity index (χ1n) is 25.4. The summed E-state index contributed by atoms with van der Waals surface area (Å²) in [5.74, 6) is 0. The van der Waals surface area contributed by atoms with E-state index in [1.54, 1.807) is 0 Å². The highest BCUT2D eigenvalue weighted by atomic mass is 32.2. The predicted octanol–water partition coefficient (Wildman–Crippen LogP) is 0.283. The second-order valence-corrected chi connectivity index (χ2v) is 21.3. The van der Waals surface area contributed by atoms with Crippen molar-refractivity contribution < 1.29 is 0 Å². The third kappa shape index (κ3) is 6.71. The van der Waals surface area contributed by atoms with Crippen LogP contribution in [0.15, 0.2) is 198 Å². The molecule has 72 heavy (non-hydrogen) atoms. The summed E-state index contributed by atoms with van der Waals surface area (Å²) in [5, 5.41) is 2.75. The van der Waals surface area contributed by atoms with Crippen molar-refractivity contribution in [1.29, 1.82) is 0 Å². The Morgan fingerprint density at radius 1 is 0.347 bits per heavy atom. The van der Waals surface area contributed by atoms with Crippen LogP contribution in [0.5, 0.6) is 0 Å². The molecule has 0 radical (unpaired) electrons. The summed E-state index contributed by atoms with van der Waals surface area (Å²) in [6.07, 6.45) is 0. The normalized spacial score (nSPS) is 12.5. The Labute approximate surface area is 435 Å². The predicted molar refractivity (Wildman–Crippen MR) is 338 cm³/mol. The van der Waals surface area contributed by atoms with Crippen LogP contribution in [0.25, 0.3) is 72.0 Å². The Balaban J connectivity index is 1.21. The van der Waals surface area contributed by atoms with E-state index in [0.29, 0.717) is 0 Å². The number of benzene rings is 10. The Morgan fingerprint density at radius 2 is 0.806 bits per heavy atom. The molecule has 0 amide bonds. The van der Waals surface area contributed by atoms with Gasteiger partial charge in [0.1, 0.15) is 62.8 Å². The molecule has 0 fully saturated rings. The molecule has 0 spiro atoms. The third-order valence-corrected chi connectivity index (χ3v) is 17.8. The van der Waals surface area contributed by atoms with E-state index in [2.05, 4.69) is 260 Å². The van der Waals surface area contributed by atoms with Gasteiger partial charge in [-0.25, -0.2) is 0 Å². The average molecular weight is 925 g/mol. The number of anilines is 3. The lowest BCUT2D eigenvalue weighted by Crippen LogP contribution is -2.60. The Morgan fingerprint density at radius 3 is 1.32 bits per heavy atom. The van der Waals surface area contributed by atoms with Crippen LogP contribution in [0.1, 0.15) is 0 Å². The molecule has 330 valence electrons. The highest BCUT2D eigenvalue weighted by molar-refractivity contribution is 8.00. The molecule has 2 nitrogen and oxygen atoms in total. The van der Waals surface area contributed by atoms with Crippen LogP contribution < -0.4 is 65.0 Å². The molecule has 0 N–H and O–H groups in total. The first-order chi connectivity index (χ1) is 35.1. The van der Waals surface area contributed by atoms with Gasteiger partial charge in [-0.1, -0.05) is 214 Å². The molecular formula is C60H47B9N2S. The first-order valence-corrected chi connectivity index (χ1v) is 26.2. The molecule has 10 aromatic carbocycles. The Bertz CT molecular complexity index is 3920. The van der Waals surface area contributed by atoms with Crippen molar-refractivity contribution in [3.63, 3.8) is 0 Å². The van der Waals surface area contributed by atoms with Gasteiger partial charge in [0, 0.05) is 49.0 Å². The lowest BCUT2D eigenvalue weighted by molar-refractivity contribution is 1.16. The topological polar surface area (TPSA) is 8.17 Å². The zero-order chi connectivity index (χ0) is 49.1. The zero-order valence-corrected chi connectivity index (χ0v) is 43.1. The quantitative estimate of drug-likeness (QED) is 0.222. The summed E-state index contributed by atoms with van der Waals surface area (Å²) in [6, 6.07) is 70.3. The molecule has 0 saturated carbocycles. The molecule has 12 heteroatoms. The highest BCUT2D eigenvalue weighted by Gasteiger charge is 2.43. The van der Waals surface area contributed by atoms with Crippen LogP contribution in [0.4, 0.5) is 17.1 Å². The summed E-state index contributed by atoms with van der Waals surface area (Å²) in [4.78, 5) is 5.25. The standard InChI is InChI=1S/C60H47B9N2S/c61-49-47-48-50(62)52(64)54(66)56(68)60(48)70(59(47)55(67)53(65)51(49)63)38-30-44-57-46(31-38)72-45-27-25-37(33-16-7-2-8-17-33)29-42(45)69(57)41-28-36(32-14-5-1-6-15-32)24-26-43(41)71(44)58-39(34-18-9-3-10-19-34)22-13-23-40(58)35-20-11-4-12-21-35/h1-31H,61-68H2. The van der Waals surface area contributed by atoms with Crippen LogP contribution in [-0.4, -0.2) is 74.1 Å². The van der Waals surface area contributed by atoms with E-state index < -0.39 is 0 Å². The monoisotopic (exact) mass is 926 g/mol. The second kappa shape index (κ2) is 17.2. The maximum absolute atomic E-state index is 2.67. The minimum atomic E-state index is -0.0381. The summed E-state index contributed by atoms with van der Waals surface area (Å²) in [5.41, 5.74) is 31.9.